The Morgan fingerprint density at radius 2 is 2.12 bits per heavy atom. The lowest BCUT2D eigenvalue weighted by atomic mass is 10.2. The van der Waals surface area contributed by atoms with E-state index < -0.39 is 17.8 Å². The van der Waals surface area contributed by atoms with Crippen LogP contribution in [0, 0.1) is 5.82 Å². The molecule has 1 atom stereocenters. The Labute approximate surface area is 153 Å². The van der Waals surface area contributed by atoms with Gasteiger partial charge in [-0.2, -0.15) is 4.98 Å². The first-order valence-corrected chi connectivity index (χ1v) is 8.26. The van der Waals surface area contributed by atoms with Crippen molar-refractivity contribution in [1.82, 2.24) is 10.1 Å². The van der Waals surface area contributed by atoms with Crippen molar-refractivity contribution in [2.45, 2.75) is 19.4 Å². The van der Waals surface area contributed by atoms with E-state index in [1.54, 1.807) is 43.3 Å². The number of hydrogen-bond acceptors (Lipinski definition) is 5. The van der Waals surface area contributed by atoms with E-state index in [4.69, 9.17) is 20.9 Å². The minimum atomic E-state index is -0.903. The van der Waals surface area contributed by atoms with Crippen molar-refractivity contribution in [3.05, 3.63) is 59.4 Å². The summed E-state index contributed by atoms with van der Waals surface area (Å²) in [5.41, 5.74) is 0.625. The number of anilines is 1. The summed E-state index contributed by atoms with van der Waals surface area (Å²) in [6.45, 7) is 1.75. The highest BCUT2D eigenvalue weighted by Crippen LogP contribution is 2.22. The number of aromatic nitrogens is 2. The molecular weight excluding hydrogens is 361 g/mol. The Kier molecular flexibility index (Phi) is 5.48. The minimum absolute atomic E-state index is 0.00206. The Bertz CT molecular complexity index is 916. The van der Waals surface area contributed by atoms with Gasteiger partial charge in [-0.3, -0.25) is 10.1 Å². The maximum Gasteiger partial charge on any atom is 0.270 e. The van der Waals surface area contributed by atoms with Crippen LogP contribution in [0.25, 0.3) is 11.5 Å². The van der Waals surface area contributed by atoms with Crippen molar-refractivity contribution in [2.24, 2.45) is 0 Å². The van der Waals surface area contributed by atoms with Crippen molar-refractivity contribution >= 4 is 23.5 Å². The molecule has 0 aliphatic rings. The van der Waals surface area contributed by atoms with Crippen LogP contribution >= 0.6 is 11.6 Å². The lowest BCUT2D eigenvalue weighted by Crippen LogP contribution is -2.33. The third-order valence-corrected chi connectivity index (χ3v) is 3.74. The number of para-hydroxylation sites is 1. The van der Waals surface area contributed by atoms with Crippen molar-refractivity contribution in [3.63, 3.8) is 0 Å². The Hall–Kier alpha value is -2.93. The lowest BCUT2D eigenvalue weighted by Gasteiger charge is -2.16. The smallest absolute Gasteiger partial charge is 0.270 e. The zero-order valence-electron chi connectivity index (χ0n) is 13.8. The van der Waals surface area contributed by atoms with Crippen LogP contribution in [-0.2, 0) is 4.79 Å². The van der Waals surface area contributed by atoms with Gasteiger partial charge in [-0.1, -0.05) is 36.7 Å². The SMILES string of the molecule is CC[C@@H](Oc1ccccc1F)C(=O)Nc1noc(-c2cccc(Cl)c2)n1. The number of halogens is 2. The quantitative estimate of drug-likeness (QED) is 0.694. The monoisotopic (exact) mass is 375 g/mol. The Morgan fingerprint density at radius 3 is 2.85 bits per heavy atom. The molecule has 0 radical (unpaired) electrons. The molecule has 26 heavy (non-hydrogen) atoms. The van der Waals surface area contributed by atoms with Crippen LogP contribution in [-0.4, -0.2) is 22.2 Å². The van der Waals surface area contributed by atoms with E-state index in [0.717, 1.165) is 0 Å². The first kappa shape index (κ1) is 17.9. The maximum atomic E-state index is 13.7. The highest BCUT2D eigenvalue weighted by molar-refractivity contribution is 6.30. The van der Waals surface area contributed by atoms with E-state index in [1.807, 2.05) is 0 Å². The van der Waals surface area contributed by atoms with E-state index in [2.05, 4.69) is 15.5 Å². The van der Waals surface area contributed by atoms with Gasteiger partial charge in [0.25, 0.3) is 17.7 Å². The van der Waals surface area contributed by atoms with Crippen LogP contribution in [0.5, 0.6) is 5.75 Å². The van der Waals surface area contributed by atoms with Crippen molar-refractivity contribution < 1.29 is 18.4 Å². The molecule has 2 aromatic carbocycles. The number of nitrogens with one attached hydrogen (secondary N) is 1. The summed E-state index contributed by atoms with van der Waals surface area (Å²) in [7, 11) is 0. The van der Waals surface area contributed by atoms with E-state index in [-0.39, 0.29) is 17.6 Å². The zero-order valence-corrected chi connectivity index (χ0v) is 14.5. The van der Waals surface area contributed by atoms with Gasteiger partial charge in [-0.25, -0.2) is 4.39 Å². The molecular formula is C18H15ClFN3O3. The van der Waals surface area contributed by atoms with Crippen molar-refractivity contribution in [1.29, 1.82) is 0 Å². The fourth-order valence-corrected chi connectivity index (χ4v) is 2.41. The van der Waals surface area contributed by atoms with Gasteiger partial charge in [0.15, 0.2) is 17.7 Å². The van der Waals surface area contributed by atoms with Gasteiger partial charge in [0.1, 0.15) is 0 Å². The number of benzene rings is 2. The van der Waals surface area contributed by atoms with E-state index >= 15 is 0 Å². The summed E-state index contributed by atoms with van der Waals surface area (Å²) in [6, 6.07) is 12.8. The molecule has 0 spiro atoms. The molecule has 0 unspecified atom stereocenters. The average Bonchev–Trinajstić information content (AvgIpc) is 3.09. The second-order valence-electron chi connectivity index (χ2n) is 5.37. The number of rotatable bonds is 6. The molecule has 0 fully saturated rings. The molecule has 134 valence electrons. The van der Waals surface area contributed by atoms with Crippen molar-refractivity contribution in [3.8, 4) is 17.2 Å². The lowest BCUT2D eigenvalue weighted by molar-refractivity contribution is -0.123. The molecule has 1 aromatic heterocycles. The molecule has 1 amide bonds. The normalized spacial score (nSPS) is 11.8. The number of carbonyl (C=O) groups excluding carboxylic acids is 1. The molecule has 8 heteroatoms. The summed E-state index contributed by atoms with van der Waals surface area (Å²) < 4.78 is 24.3. The minimum Gasteiger partial charge on any atom is -0.478 e. The van der Waals surface area contributed by atoms with Crippen LogP contribution in [0.2, 0.25) is 5.02 Å². The number of nitrogens with zero attached hydrogens (tertiary/aromatic N) is 2. The second kappa shape index (κ2) is 7.97. The molecule has 0 aliphatic heterocycles. The predicted molar refractivity (Wildman–Crippen MR) is 94.5 cm³/mol. The molecule has 3 rings (SSSR count). The van der Waals surface area contributed by atoms with Crippen LogP contribution in [0.1, 0.15) is 13.3 Å². The molecule has 0 bridgehead atoms. The first-order valence-electron chi connectivity index (χ1n) is 7.88. The fraction of sp³-hybridized carbons (Fsp3) is 0.167. The molecule has 1 heterocycles. The first-order chi connectivity index (χ1) is 12.6. The van der Waals surface area contributed by atoms with Crippen LogP contribution < -0.4 is 10.1 Å². The van der Waals surface area contributed by atoms with Gasteiger partial charge in [0.2, 0.25) is 0 Å². The van der Waals surface area contributed by atoms with Gasteiger partial charge in [0.05, 0.1) is 0 Å². The number of hydrogen-bond donors (Lipinski definition) is 1. The predicted octanol–water partition coefficient (Wildman–Crippen LogP) is 4.33. The van der Waals surface area contributed by atoms with E-state index in [1.165, 1.54) is 12.1 Å². The summed E-state index contributed by atoms with van der Waals surface area (Å²) in [6.07, 6.45) is -0.570. The average molecular weight is 376 g/mol. The van der Waals surface area contributed by atoms with E-state index in [9.17, 15) is 9.18 Å². The van der Waals surface area contributed by atoms with E-state index in [0.29, 0.717) is 17.0 Å². The summed E-state index contributed by atoms with van der Waals surface area (Å²) in [4.78, 5) is 16.5. The number of ether oxygens (including phenoxy) is 1. The standard InChI is InChI=1S/C18H15ClFN3O3/c1-2-14(25-15-9-4-3-8-13(15)20)16(24)21-18-22-17(26-23-18)11-6-5-7-12(19)10-11/h3-10,14H,2H2,1H3,(H,21,23,24)/t14-/m1/s1. The number of carbonyl (C=O) groups is 1. The Balaban J connectivity index is 1.70. The molecule has 6 nitrogen and oxygen atoms in total. The topological polar surface area (TPSA) is 77.2 Å². The summed E-state index contributed by atoms with van der Waals surface area (Å²) in [5.74, 6) is -0.843. The van der Waals surface area contributed by atoms with Gasteiger partial charge in [0, 0.05) is 10.6 Å². The van der Waals surface area contributed by atoms with Gasteiger partial charge in [-0.05, 0) is 41.9 Å². The summed E-state index contributed by atoms with van der Waals surface area (Å²) in [5, 5.41) is 6.74. The number of amides is 1. The van der Waals surface area contributed by atoms with Gasteiger partial charge >= 0.3 is 0 Å². The highest BCUT2D eigenvalue weighted by Gasteiger charge is 2.22. The molecule has 3 aromatic rings. The highest BCUT2D eigenvalue weighted by atomic mass is 35.5. The van der Waals surface area contributed by atoms with Gasteiger partial charge in [-0.15, -0.1) is 0 Å². The molecule has 0 saturated carbocycles. The van der Waals surface area contributed by atoms with Crippen molar-refractivity contribution in [2.75, 3.05) is 5.32 Å². The summed E-state index contributed by atoms with van der Waals surface area (Å²) >= 11 is 5.93. The molecule has 0 saturated heterocycles. The molecule has 1 N–H and O–H groups in total. The fourth-order valence-electron chi connectivity index (χ4n) is 2.22. The maximum absolute atomic E-state index is 13.7. The largest absolute Gasteiger partial charge is 0.478 e. The zero-order chi connectivity index (χ0) is 18.5. The van der Waals surface area contributed by atoms with Gasteiger partial charge < -0.3 is 9.26 Å². The Morgan fingerprint density at radius 1 is 1.31 bits per heavy atom. The van der Waals surface area contributed by atoms with Crippen LogP contribution in [0.3, 0.4) is 0 Å². The van der Waals surface area contributed by atoms with Crippen LogP contribution in [0.15, 0.2) is 53.1 Å². The molecule has 0 aliphatic carbocycles. The second-order valence-corrected chi connectivity index (χ2v) is 5.80. The third kappa shape index (κ3) is 4.18. The van der Waals surface area contributed by atoms with Crippen LogP contribution in [0.4, 0.5) is 10.3 Å². The third-order valence-electron chi connectivity index (χ3n) is 3.50.